The van der Waals surface area contributed by atoms with Gasteiger partial charge in [0.2, 0.25) is 0 Å². The summed E-state index contributed by atoms with van der Waals surface area (Å²) in [5, 5.41) is 8.40. The third-order valence-corrected chi connectivity index (χ3v) is 2.54. The quantitative estimate of drug-likeness (QED) is 0.783. The second kappa shape index (κ2) is 4.58. The highest BCUT2D eigenvalue weighted by Crippen LogP contribution is 2.40. The van der Waals surface area contributed by atoms with Crippen molar-refractivity contribution in [3.8, 4) is 0 Å². The van der Waals surface area contributed by atoms with Gasteiger partial charge in [0.1, 0.15) is 0 Å². The SMILES string of the molecule is CCOC1(C(F)(F)F)CN(CCC(=O)O)C1. The lowest BCUT2D eigenvalue weighted by Crippen LogP contribution is -2.70. The van der Waals surface area contributed by atoms with E-state index in [1.165, 1.54) is 11.8 Å². The molecule has 1 rings (SSSR count). The molecule has 0 aromatic heterocycles. The van der Waals surface area contributed by atoms with Crippen molar-refractivity contribution in [1.82, 2.24) is 4.90 Å². The number of alkyl halides is 3. The molecule has 1 saturated heterocycles. The average molecular weight is 241 g/mol. The number of carboxylic acid groups (broad SMARTS) is 1. The Morgan fingerprint density at radius 1 is 1.50 bits per heavy atom. The molecule has 0 bridgehead atoms. The van der Waals surface area contributed by atoms with Gasteiger partial charge in [-0.05, 0) is 6.92 Å². The van der Waals surface area contributed by atoms with Gasteiger partial charge in [0.25, 0.3) is 0 Å². The topological polar surface area (TPSA) is 49.8 Å². The summed E-state index contributed by atoms with van der Waals surface area (Å²) in [5.41, 5.74) is -2.10. The highest BCUT2D eigenvalue weighted by molar-refractivity contribution is 5.66. The molecule has 0 aromatic carbocycles. The maximum absolute atomic E-state index is 12.6. The maximum Gasteiger partial charge on any atom is 0.419 e. The van der Waals surface area contributed by atoms with Crippen molar-refractivity contribution in [2.45, 2.75) is 25.1 Å². The maximum atomic E-state index is 12.6. The molecule has 1 N–H and O–H groups in total. The van der Waals surface area contributed by atoms with E-state index in [0.29, 0.717) is 0 Å². The number of ether oxygens (including phenoxy) is 1. The first-order valence-corrected chi connectivity index (χ1v) is 4.95. The summed E-state index contributed by atoms with van der Waals surface area (Å²) in [6, 6.07) is 0. The molecule has 4 nitrogen and oxygen atoms in total. The first-order valence-electron chi connectivity index (χ1n) is 4.95. The van der Waals surface area contributed by atoms with Crippen LogP contribution in [0.4, 0.5) is 13.2 Å². The highest BCUT2D eigenvalue weighted by Gasteiger charge is 2.62. The molecule has 0 atom stereocenters. The van der Waals surface area contributed by atoms with Gasteiger partial charge in [-0.1, -0.05) is 0 Å². The minimum absolute atomic E-state index is 0.00766. The lowest BCUT2D eigenvalue weighted by Gasteiger charge is -2.49. The van der Waals surface area contributed by atoms with E-state index in [4.69, 9.17) is 9.84 Å². The standard InChI is InChI=1S/C9H14F3NO3/c1-2-16-8(9(10,11)12)5-13(6-8)4-3-7(14)15/h2-6H2,1H3,(H,14,15). The summed E-state index contributed by atoms with van der Waals surface area (Å²) in [5.74, 6) is -1.01. The molecule has 0 unspecified atom stereocenters. The predicted molar refractivity (Wildman–Crippen MR) is 49.1 cm³/mol. The Labute approximate surface area is 91.0 Å². The number of hydrogen-bond donors (Lipinski definition) is 1. The van der Waals surface area contributed by atoms with Gasteiger partial charge in [-0.3, -0.25) is 9.69 Å². The van der Waals surface area contributed by atoms with E-state index in [1.54, 1.807) is 0 Å². The fourth-order valence-corrected chi connectivity index (χ4v) is 1.72. The molecule has 0 saturated carbocycles. The van der Waals surface area contributed by atoms with Crippen LogP contribution in [-0.2, 0) is 9.53 Å². The Hall–Kier alpha value is -0.820. The van der Waals surface area contributed by atoms with Crippen molar-refractivity contribution >= 4 is 5.97 Å². The van der Waals surface area contributed by atoms with Crippen LogP contribution in [-0.4, -0.2) is 54.0 Å². The minimum atomic E-state index is -4.40. The molecule has 0 aliphatic carbocycles. The Morgan fingerprint density at radius 3 is 2.44 bits per heavy atom. The van der Waals surface area contributed by atoms with Crippen LogP contribution in [0.5, 0.6) is 0 Å². The van der Waals surface area contributed by atoms with E-state index in [9.17, 15) is 18.0 Å². The zero-order valence-corrected chi connectivity index (χ0v) is 8.88. The van der Waals surface area contributed by atoms with Gasteiger partial charge in [0.05, 0.1) is 6.42 Å². The van der Waals surface area contributed by atoms with Crippen LogP contribution in [0, 0.1) is 0 Å². The monoisotopic (exact) mass is 241 g/mol. The fraction of sp³-hybridized carbons (Fsp3) is 0.889. The summed E-state index contributed by atoms with van der Waals surface area (Å²) in [6.07, 6.45) is -4.55. The number of likely N-dealkylation sites (tertiary alicyclic amines) is 1. The third-order valence-electron chi connectivity index (χ3n) is 2.54. The van der Waals surface area contributed by atoms with E-state index in [2.05, 4.69) is 0 Å². The van der Waals surface area contributed by atoms with Crippen molar-refractivity contribution in [1.29, 1.82) is 0 Å². The van der Waals surface area contributed by atoms with Gasteiger partial charge in [-0.15, -0.1) is 0 Å². The molecule has 0 radical (unpaired) electrons. The van der Waals surface area contributed by atoms with Crippen LogP contribution in [0.2, 0.25) is 0 Å². The van der Waals surface area contributed by atoms with Crippen LogP contribution >= 0.6 is 0 Å². The van der Waals surface area contributed by atoms with E-state index in [-0.39, 0.29) is 32.7 Å². The average Bonchev–Trinajstić information content (AvgIpc) is 2.05. The largest absolute Gasteiger partial charge is 0.481 e. The zero-order chi connectivity index (χ0) is 12.4. The van der Waals surface area contributed by atoms with Crippen molar-refractivity contribution in [2.24, 2.45) is 0 Å². The third kappa shape index (κ3) is 2.65. The van der Waals surface area contributed by atoms with E-state index >= 15 is 0 Å². The number of carboxylic acids is 1. The van der Waals surface area contributed by atoms with E-state index in [0.717, 1.165) is 0 Å². The van der Waals surface area contributed by atoms with Gasteiger partial charge >= 0.3 is 12.1 Å². The number of hydrogen-bond acceptors (Lipinski definition) is 3. The molecule has 16 heavy (non-hydrogen) atoms. The van der Waals surface area contributed by atoms with Gasteiger partial charge in [-0.2, -0.15) is 13.2 Å². The summed E-state index contributed by atoms with van der Waals surface area (Å²) in [6.45, 7) is 1.06. The van der Waals surface area contributed by atoms with Crippen molar-refractivity contribution in [3.63, 3.8) is 0 Å². The second-order valence-corrected chi connectivity index (χ2v) is 3.78. The highest BCUT2D eigenvalue weighted by atomic mass is 19.4. The molecule has 1 heterocycles. The van der Waals surface area contributed by atoms with Crippen LogP contribution < -0.4 is 0 Å². The summed E-state index contributed by atoms with van der Waals surface area (Å²) < 4.78 is 42.7. The number of halogens is 3. The van der Waals surface area contributed by atoms with E-state index in [1.807, 2.05) is 0 Å². The fourth-order valence-electron chi connectivity index (χ4n) is 1.72. The zero-order valence-electron chi connectivity index (χ0n) is 8.88. The molecular weight excluding hydrogens is 227 g/mol. The number of carbonyl (C=O) groups is 1. The van der Waals surface area contributed by atoms with Gasteiger partial charge in [0.15, 0.2) is 5.60 Å². The van der Waals surface area contributed by atoms with Crippen LogP contribution in [0.25, 0.3) is 0 Å². The first-order chi connectivity index (χ1) is 7.31. The van der Waals surface area contributed by atoms with Crippen molar-refractivity contribution in [3.05, 3.63) is 0 Å². The lowest BCUT2D eigenvalue weighted by molar-refractivity contribution is -0.317. The molecule has 7 heteroatoms. The molecule has 0 spiro atoms. The number of rotatable bonds is 5. The smallest absolute Gasteiger partial charge is 0.419 e. The lowest BCUT2D eigenvalue weighted by atomic mass is 9.92. The minimum Gasteiger partial charge on any atom is -0.481 e. The van der Waals surface area contributed by atoms with Crippen LogP contribution in [0.15, 0.2) is 0 Å². The van der Waals surface area contributed by atoms with Crippen LogP contribution in [0.3, 0.4) is 0 Å². The molecule has 0 aromatic rings. The summed E-state index contributed by atoms with van der Waals surface area (Å²) >= 11 is 0. The summed E-state index contributed by atoms with van der Waals surface area (Å²) in [4.78, 5) is 11.7. The normalized spacial score (nSPS) is 20.5. The van der Waals surface area contributed by atoms with Crippen LogP contribution in [0.1, 0.15) is 13.3 Å². The Morgan fingerprint density at radius 2 is 2.06 bits per heavy atom. The molecular formula is C9H14F3NO3. The Bertz CT molecular complexity index is 261. The number of nitrogens with zero attached hydrogens (tertiary/aromatic N) is 1. The molecule has 94 valence electrons. The predicted octanol–water partition coefficient (Wildman–Crippen LogP) is 1.11. The van der Waals surface area contributed by atoms with Gasteiger partial charge in [0, 0.05) is 26.2 Å². The molecule has 1 aliphatic rings. The molecule has 1 aliphatic heterocycles. The van der Waals surface area contributed by atoms with Gasteiger partial charge < -0.3 is 9.84 Å². The first kappa shape index (κ1) is 13.2. The molecule has 0 amide bonds. The second-order valence-electron chi connectivity index (χ2n) is 3.78. The van der Waals surface area contributed by atoms with Crippen molar-refractivity contribution in [2.75, 3.05) is 26.2 Å². The Kier molecular flexibility index (Phi) is 3.80. The van der Waals surface area contributed by atoms with E-state index < -0.39 is 17.7 Å². The molecule has 1 fully saturated rings. The summed E-state index contributed by atoms with van der Waals surface area (Å²) in [7, 11) is 0. The number of aliphatic carboxylic acids is 1. The van der Waals surface area contributed by atoms with Crippen molar-refractivity contribution < 1.29 is 27.8 Å². The van der Waals surface area contributed by atoms with Gasteiger partial charge in [-0.25, -0.2) is 0 Å². The Balaban J connectivity index is 2.46.